The van der Waals surface area contributed by atoms with Crippen LogP contribution in [0.2, 0.25) is 0 Å². The van der Waals surface area contributed by atoms with Crippen LogP contribution in [0.4, 0.5) is 0 Å². The third kappa shape index (κ3) is 2.87. The first-order chi connectivity index (χ1) is 7.50. The highest BCUT2D eigenvalue weighted by Gasteiger charge is 2.45. The molecule has 90 valence electrons. The Morgan fingerprint density at radius 3 is 2.69 bits per heavy atom. The fraction of sp³-hybridized carbons (Fsp3) is 0.818. The Labute approximate surface area is 94.4 Å². The number of hydrogen-bond acceptors (Lipinski definition) is 4. The van der Waals surface area contributed by atoms with Crippen molar-refractivity contribution in [2.45, 2.75) is 45.4 Å². The Morgan fingerprint density at radius 1 is 1.56 bits per heavy atom. The predicted octanol–water partition coefficient (Wildman–Crippen LogP) is 1.76. The molecule has 1 fully saturated rings. The first-order valence-electron chi connectivity index (χ1n) is 5.67. The zero-order valence-electron chi connectivity index (χ0n) is 9.53. The van der Waals surface area contributed by atoms with Gasteiger partial charge in [0.15, 0.2) is 0 Å². The van der Waals surface area contributed by atoms with Crippen molar-refractivity contribution in [1.82, 2.24) is 0 Å². The lowest BCUT2D eigenvalue weighted by Crippen LogP contribution is -2.33. The van der Waals surface area contributed by atoms with E-state index in [1.807, 2.05) is 6.92 Å². The molecule has 0 saturated heterocycles. The van der Waals surface area contributed by atoms with E-state index >= 15 is 0 Å². The molecular formula is C11H17NO4. The van der Waals surface area contributed by atoms with Gasteiger partial charge in [0.1, 0.15) is 5.78 Å². The van der Waals surface area contributed by atoms with Crippen LogP contribution in [0, 0.1) is 15.5 Å². The van der Waals surface area contributed by atoms with E-state index < -0.39 is 16.9 Å². The lowest BCUT2D eigenvalue weighted by atomic mass is 9.77. The fourth-order valence-corrected chi connectivity index (χ4v) is 2.32. The molecule has 0 amide bonds. The molecule has 0 N–H and O–H groups in total. The van der Waals surface area contributed by atoms with E-state index in [1.54, 1.807) is 0 Å². The average Bonchev–Trinajstić information content (AvgIpc) is 2.57. The first-order valence-corrected chi connectivity index (χ1v) is 5.67. The number of rotatable bonds is 6. The van der Waals surface area contributed by atoms with Gasteiger partial charge in [0.05, 0.1) is 0 Å². The van der Waals surface area contributed by atoms with Crippen molar-refractivity contribution in [1.29, 1.82) is 0 Å². The molecule has 1 unspecified atom stereocenters. The molecule has 5 nitrogen and oxygen atoms in total. The summed E-state index contributed by atoms with van der Waals surface area (Å²) >= 11 is 0. The Bertz CT molecular complexity index is 313. The minimum atomic E-state index is -0.722. The molecule has 0 aromatic carbocycles. The molecule has 16 heavy (non-hydrogen) atoms. The van der Waals surface area contributed by atoms with Crippen LogP contribution in [0.15, 0.2) is 0 Å². The van der Waals surface area contributed by atoms with Crippen molar-refractivity contribution < 1.29 is 14.5 Å². The normalized spacial score (nSPS) is 24.7. The Hall–Kier alpha value is -1.26. The monoisotopic (exact) mass is 227 g/mol. The molecule has 0 aromatic rings. The third-order valence-electron chi connectivity index (χ3n) is 3.29. The quantitative estimate of drug-likeness (QED) is 0.511. The van der Waals surface area contributed by atoms with Crippen molar-refractivity contribution in [2.75, 3.05) is 6.54 Å². The summed E-state index contributed by atoms with van der Waals surface area (Å²) in [4.78, 5) is 32.9. The number of ketones is 2. The summed E-state index contributed by atoms with van der Waals surface area (Å²) in [7, 11) is 0. The van der Waals surface area contributed by atoms with Crippen LogP contribution < -0.4 is 0 Å². The average molecular weight is 227 g/mol. The summed E-state index contributed by atoms with van der Waals surface area (Å²) in [6.07, 6.45) is 3.49. The highest BCUT2D eigenvalue weighted by atomic mass is 16.6. The van der Waals surface area contributed by atoms with E-state index in [2.05, 4.69) is 0 Å². The maximum absolute atomic E-state index is 11.8. The van der Waals surface area contributed by atoms with Crippen LogP contribution in [0.5, 0.6) is 0 Å². The molecule has 0 spiro atoms. The van der Waals surface area contributed by atoms with Crippen LogP contribution >= 0.6 is 0 Å². The van der Waals surface area contributed by atoms with Gasteiger partial charge >= 0.3 is 0 Å². The molecule has 0 aromatic heterocycles. The molecule has 1 aliphatic rings. The molecule has 0 bridgehead atoms. The van der Waals surface area contributed by atoms with E-state index in [-0.39, 0.29) is 18.0 Å². The summed E-state index contributed by atoms with van der Waals surface area (Å²) in [5.74, 6) is -0.301. The molecular weight excluding hydrogens is 210 g/mol. The van der Waals surface area contributed by atoms with Gasteiger partial charge in [-0.1, -0.05) is 19.8 Å². The van der Waals surface area contributed by atoms with E-state index in [1.165, 1.54) is 0 Å². The van der Waals surface area contributed by atoms with Gasteiger partial charge in [-0.25, -0.2) is 0 Å². The van der Waals surface area contributed by atoms with Crippen LogP contribution in [0.3, 0.4) is 0 Å². The molecule has 0 radical (unpaired) electrons. The van der Waals surface area contributed by atoms with E-state index in [9.17, 15) is 19.7 Å². The summed E-state index contributed by atoms with van der Waals surface area (Å²) in [5.41, 5.74) is -0.722. The van der Waals surface area contributed by atoms with Crippen molar-refractivity contribution >= 4 is 11.6 Å². The number of carbonyl (C=O) groups excluding carboxylic acids is 2. The largest absolute Gasteiger partial charge is 0.300 e. The second-order valence-electron chi connectivity index (χ2n) is 4.51. The molecule has 1 saturated carbocycles. The summed E-state index contributed by atoms with van der Waals surface area (Å²) < 4.78 is 0. The minimum absolute atomic E-state index is 0.0628. The standard InChI is InChI=1S/C11H17NO4/c1-2-3-5-11(6-4-9(13)7-11)10(14)8-12(15)16/h2-8H2,1H3. The molecule has 0 heterocycles. The fourth-order valence-electron chi connectivity index (χ4n) is 2.32. The van der Waals surface area contributed by atoms with Gasteiger partial charge in [-0.15, -0.1) is 0 Å². The van der Waals surface area contributed by atoms with Crippen LogP contribution in [0.25, 0.3) is 0 Å². The van der Waals surface area contributed by atoms with Gasteiger partial charge in [-0.3, -0.25) is 19.7 Å². The number of unbranched alkanes of at least 4 members (excludes halogenated alkanes) is 1. The smallest absolute Gasteiger partial charge is 0.261 e. The Morgan fingerprint density at radius 2 is 2.25 bits per heavy atom. The third-order valence-corrected chi connectivity index (χ3v) is 3.29. The predicted molar refractivity (Wildman–Crippen MR) is 57.7 cm³/mol. The topological polar surface area (TPSA) is 77.3 Å². The Kier molecular flexibility index (Phi) is 4.15. The van der Waals surface area contributed by atoms with E-state index in [0.29, 0.717) is 19.3 Å². The van der Waals surface area contributed by atoms with Crippen molar-refractivity contribution in [2.24, 2.45) is 5.41 Å². The first kappa shape index (κ1) is 12.8. The number of Topliss-reactive ketones (excluding diaryl/α,β-unsaturated/α-hetero) is 2. The maximum atomic E-state index is 11.8. The minimum Gasteiger partial charge on any atom is -0.300 e. The number of nitro groups is 1. The second kappa shape index (κ2) is 5.18. The zero-order chi connectivity index (χ0) is 12.2. The van der Waals surface area contributed by atoms with E-state index in [0.717, 1.165) is 12.8 Å². The van der Waals surface area contributed by atoms with Crippen molar-refractivity contribution in [3.05, 3.63) is 10.1 Å². The summed E-state index contributed by atoms with van der Waals surface area (Å²) in [6, 6.07) is 0. The van der Waals surface area contributed by atoms with Gasteiger partial charge in [0, 0.05) is 23.2 Å². The van der Waals surface area contributed by atoms with Crippen molar-refractivity contribution in [3.8, 4) is 0 Å². The lowest BCUT2D eigenvalue weighted by molar-refractivity contribution is -0.468. The number of nitrogens with zero attached hydrogens (tertiary/aromatic N) is 1. The number of carbonyl (C=O) groups is 2. The molecule has 1 rings (SSSR count). The van der Waals surface area contributed by atoms with Gasteiger partial charge < -0.3 is 0 Å². The van der Waals surface area contributed by atoms with Gasteiger partial charge in [0.25, 0.3) is 6.54 Å². The maximum Gasteiger partial charge on any atom is 0.261 e. The van der Waals surface area contributed by atoms with Gasteiger partial charge in [-0.05, 0) is 12.8 Å². The highest BCUT2D eigenvalue weighted by Crippen LogP contribution is 2.41. The van der Waals surface area contributed by atoms with Gasteiger partial charge in [0.2, 0.25) is 5.78 Å². The molecule has 0 aliphatic heterocycles. The SMILES string of the molecule is CCCCC1(C(=O)C[N+](=O)[O-])CCC(=O)C1. The summed E-state index contributed by atoms with van der Waals surface area (Å²) in [6.45, 7) is 1.36. The second-order valence-corrected chi connectivity index (χ2v) is 4.51. The molecule has 1 aliphatic carbocycles. The number of hydrogen-bond donors (Lipinski definition) is 0. The van der Waals surface area contributed by atoms with Crippen molar-refractivity contribution in [3.63, 3.8) is 0 Å². The zero-order valence-corrected chi connectivity index (χ0v) is 9.53. The van der Waals surface area contributed by atoms with Crippen LogP contribution in [0.1, 0.15) is 45.4 Å². The highest BCUT2D eigenvalue weighted by molar-refractivity contribution is 5.94. The van der Waals surface area contributed by atoms with Crippen LogP contribution in [-0.2, 0) is 9.59 Å². The summed E-state index contributed by atoms with van der Waals surface area (Å²) in [5, 5.41) is 10.4. The lowest BCUT2D eigenvalue weighted by Gasteiger charge is -2.24. The van der Waals surface area contributed by atoms with Crippen LogP contribution in [-0.4, -0.2) is 23.0 Å². The Balaban J connectivity index is 2.74. The van der Waals surface area contributed by atoms with Gasteiger partial charge in [-0.2, -0.15) is 0 Å². The molecule has 5 heteroatoms. The molecule has 1 atom stereocenters. The van der Waals surface area contributed by atoms with E-state index in [4.69, 9.17) is 0 Å².